The Morgan fingerprint density at radius 2 is 2.08 bits per heavy atom. The summed E-state index contributed by atoms with van der Waals surface area (Å²) >= 11 is 1.69. The SMILES string of the molecule is COc1ccc(C(=O)N2CCCC(c3nc(C)cs3)C2)cc1OC. The van der Waals surface area contributed by atoms with E-state index in [1.807, 2.05) is 11.8 Å². The number of nitrogens with zero attached hydrogens (tertiary/aromatic N) is 2. The van der Waals surface area contributed by atoms with Crippen molar-refractivity contribution in [3.05, 3.63) is 39.8 Å². The molecule has 2 aromatic rings. The van der Waals surface area contributed by atoms with E-state index in [0.717, 1.165) is 36.6 Å². The third-order valence-electron chi connectivity index (χ3n) is 4.33. The predicted octanol–water partition coefficient (Wildman–Crippen LogP) is 3.49. The molecule has 1 saturated heterocycles. The van der Waals surface area contributed by atoms with Crippen molar-refractivity contribution >= 4 is 17.2 Å². The van der Waals surface area contributed by atoms with Gasteiger partial charge in [-0.3, -0.25) is 4.79 Å². The first-order valence-corrected chi connectivity index (χ1v) is 8.93. The Morgan fingerprint density at radius 1 is 1.29 bits per heavy atom. The standard InChI is InChI=1S/C18H22N2O3S/c1-12-11-24-17(19-12)14-5-4-8-20(10-14)18(21)13-6-7-15(22-2)16(9-13)23-3/h6-7,9,11,14H,4-5,8,10H2,1-3H3. The molecule has 1 aliphatic rings. The molecule has 0 saturated carbocycles. The molecule has 0 radical (unpaired) electrons. The molecule has 0 bridgehead atoms. The highest BCUT2D eigenvalue weighted by Crippen LogP contribution is 2.31. The molecule has 0 spiro atoms. The van der Waals surface area contributed by atoms with Crippen LogP contribution in [0.15, 0.2) is 23.6 Å². The molecule has 1 aliphatic heterocycles. The van der Waals surface area contributed by atoms with Gasteiger partial charge in [-0.1, -0.05) is 0 Å². The maximum Gasteiger partial charge on any atom is 0.254 e. The van der Waals surface area contributed by atoms with Crippen LogP contribution in [0.2, 0.25) is 0 Å². The minimum Gasteiger partial charge on any atom is -0.493 e. The minimum atomic E-state index is 0.0360. The molecule has 2 heterocycles. The van der Waals surface area contributed by atoms with E-state index in [-0.39, 0.29) is 5.91 Å². The lowest BCUT2D eigenvalue weighted by Crippen LogP contribution is -2.39. The summed E-state index contributed by atoms with van der Waals surface area (Å²) in [4.78, 5) is 19.4. The molecular weight excluding hydrogens is 324 g/mol. The van der Waals surface area contributed by atoms with Gasteiger partial charge in [-0.2, -0.15) is 0 Å². The monoisotopic (exact) mass is 346 g/mol. The van der Waals surface area contributed by atoms with Gasteiger partial charge in [0.15, 0.2) is 11.5 Å². The van der Waals surface area contributed by atoms with Crippen LogP contribution in [0.25, 0.3) is 0 Å². The molecule has 5 nitrogen and oxygen atoms in total. The van der Waals surface area contributed by atoms with Crippen LogP contribution in [0.1, 0.15) is 39.8 Å². The van der Waals surface area contributed by atoms with Crippen LogP contribution in [0, 0.1) is 6.92 Å². The van der Waals surface area contributed by atoms with E-state index >= 15 is 0 Å². The second-order valence-corrected chi connectivity index (χ2v) is 6.88. The van der Waals surface area contributed by atoms with Crippen LogP contribution in [0.3, 0.4) is 0 Å². The Labute approximate surface area is 146 Å². The molecular formula is C18H22N2O3S. The zero-order chi connectivity index (χ0) is 17.1. The van der Waals surface area contributed by atoms with Crippen molar-refractivity contribution in [2.75, 3.05) is 27.3 Å². The highest BCUT2D eigenvalue weighted by atomic mass is 32.1. The maximum atomic E-state index is 12.9. The largest absolute Gasteiger partial charge is 0.493 e. The van der Waals surface area contributed by atoms with Crippen molar-refractivity contribution in [3.63, 3.8) is 0 Å². The normalized spacial score (nSPS) is 17.6. The number of piperidine rings is 1. The lowest BCUT2D eigenvalue weighted by molar-refractivity contribution is 0.0706. The van der Waals surface area contributed by atoms with Gasteiger partial charge in [-0.25, -0.2) is 4.98 Å². The molecule has 1 unspecified atom stereocenters. The Morgan fingerprint density at radius 3 is 2.75 bits per heavy atom. The average molecular weight is 346 g/mol. The number of amides is 1. The quantitative estimate of drug-likeness (QED) is 0.850. The average Bonchev–Trinajstić information content (AvgIpc) is 3.07. The third kappa shape index (κ3) is 3.38. The summed E-state index contributed by atoms with van der Waals surface area (Å²) in [5, 5.41) is 3.21. The van der Waals surface area contributed by atoms with Crippen LogP contribution < -0.4 is 9.47 Å². The van der Waals surface area contributed by atoms with Crippen LogP contribution in [0.4, 0.5) is 0 Å². The van der Waals surface area contributed by atoms with E-state index < -0.39 is 0 Å². The molecule has 128 valence electrons. The fraction of sp³-hybridized carbons (Fsp3) is 0.444. The Bertz CT molecular complexity index is 729. The van der Waals surface area contributed by atoms with Crippen molar-refractivity contribution in [2.24, 2.45) is 0 Å². The fourth-order valence-electron chi connectivity index (χ4n) is 3.07. The van der Waals surface area contributed by atoms with Gasteiger partial charge >= 0.3 is 0 Å². The van der Waals surface area contributed by atoms with E-state index in [1.54, 1.807) is 43.8 Å². The first kappa shape index (κ1) is 16.8. The zero-order valence-electron chi connectivity index (χ0n) is 14.2. The summed E-state index contributed by atoms with van der Waals surface area (Å²) in [5.41, 5.74) is 1.68. The molecule has 6 heteroatoms. The molecule has 1 aromatic carbocycles. The number of hydrogen-bond acceptors (Lipinski definition) is 5. The molecule has 1 aromatic heterocycles. The van der Waals surface area contributed by atoms with E-state index in [2.05, 4.69) is 10.4 Å². The number of rotatable bonds is 4. The Kier molecular flexibility index (Phi) is 5.04. The highest BCUT2D eigenvalue weighted by molar-refractivity contribution is 7.09. The molecule has 3 rings (SSSR count). The molecule has 24 heavy (non-hydrogen) atoms. The number of aromatic nitrogens is 1. The summed E-state index contributed by atoms with van der Waals surface area (Å²) in [6.45, 7) is 3.52. The van der Waals surface area contributed by atoms with Crippen LogP contribution in [0.5, 0.6) is 11.5 Å². The van der Waals surface area contributed by atoms with Crippen LogP contribution >= 0.6 is 11.3 Å². The first-order chi connectivity index (χ1) is 11.6. The highest BCUT2D eigenvalue weighted by Gasteiger charge is 2.27. The lowest BCUT2D eigenvalue weighted by Gasteiger charge is -2.32. The fourth-order valence-corrected chi connectivity index (χ4v) is 4.00. The molecule has 0 aliphatic carbocycles. The molecule has 1 amide bonds. The third-order valence-corrected chi connectivity index (χ3v) is 5.45. The maximum absolute atomic E-state index is 12.9. The van der Waals surface area contributed by atoms with E-state index in [0.29, 0.717) is 23.0 Å². The van der Waals surface area contributed by atoms with Crippen molar-refractivity contribution in [1.82, 2.24) is 9.88 Å². The van der Waals surface area contributed by atoms with Gasteiger partial charge in [0, 0.05) is 35.6 Å². The van der Waals surface area contributed by atoms with E-state index in [4.69, 9.17) is 9.47 Å². The number of carbonyl (C=O) groups is 1. The number of aryl methyl sites for hydroxylation is 1. The number of likely N-dealkylation sites (tertiary alicyclic amines) is 1. The minimum absolute atomic E-state index is 0.0360. The Hall–Kier alpha value is -2.08. The smallest absolute Gasteiger partial charge is 0.254 e. The van der Waals surface area contributed by atoms with Crippen molar-refractivity contribution in [3.8, 4) is 11.5 Å². The number of thiazole rings is 1. The number of carbonyl (C=O) groups excluding carboxylic acids is 1. The van der Waals surface area contributed by atoms with Gasteiger partial charge in [0.1, 0.15) is 0 Å². The molecule has 1 atom stereocenters. The number of ether oxygens (including phenoxy) is 2. The van der Waals surface area contributed by atoms with Gasteiger partial charge in [-0.05, 0) is 38.0 Å². The summed E-state index contributed by atoms with van der Waals surface area (Å²) in [6.07, 6.45) is 2.09. The van der Waals surface area contributed by atoms with Gasteiger partial charge in [0.25, 0.3) is 5.91 Å². The summed E-state index contributed by atoms with van der Waals surface area (Å²) < 4.78 is 10.5. The van der Waals surface area contributed by atoms with Gasteiger partial charge in [0.2, 0.25) is 0 Å². The van der Waals surface area contributed by atoms with Gasteiger partial charge in [-0.15, -0.1) is 11.3 Å². The van der Waals surface area contributed by atoms with Crippen LogP contribution in [-0.2, 0) is 0 Å². The van der Waals surface area contributed by atoms with Crippen molar-refractivity contribution in [2.45, 2.75) is 25.7 Å². The predicted molar refractivity (Wildman–Crippen MR) is 94.3 cm³/mol. The molecule has 0 N–H and O–H groups in total. The van der Waals surface area contributed by atoms with Crippen molar-refractivity contribution < 1.29 is 14.3 Å². The second kappa shape index (κ2) is 7.21. The summed E-state index contributed by atoms with van der Waals surface area (Å²) in [7, 11) is 3.17. The van der Waals surface area contributed by atoms with Crippen LogP contribution in [-0.4, -0.2) is 43.1 Å². The number of methoxy groups -OCH3 is 2. The van der Waals surface area contributed by atoms with E-state index in [9.17, 15) is 4.79 Å². The zero-order valence-corrected chi connectivity index (χ0v) is 15.1. The summed E-state index contributed by atoms with van der Waals surface area (Å²) in [5.74, 6) is 1.58. The second-order valence-electron chi connectivity index (χ2n) is 5.99. The van der Waals surface area contributed by atoms with Gasteiger partial charge in [0.05, 0.1) is 19.2 Å². The lowest BCUT2D eigenvalue weighted by atomic mass is 9.98. The first-order valence-electron chi connectivity index (χ1n) is 8.05. The summed E-state index contributed by atoms with van der Waals surface area (Å²) in [6, 6.07) is 5.32. The van der Waals surface area contributed by atoms with Crippen molar-refractivity contribution in [1.29, 1.82) is 0 Å². The number of hydrogen-bond donors (Lipinski definition) is 0. The topological polar surface area (TPSA) is 51.7 Å². The number of benzene rings is 1. The molecule has 1 fully saturated rings. The van der Waals surface area contributed by atoms with Gasteiger partial charge < -0.3 is 14.4 Å². The van der Waals surface area contributed by atoms with E-state index in [1.165, 1.54) is 0 Å². The Balaban J connectivity index is 1.77.